The monoisotopic (exact) mass is 291 g/mol. The van der Waals surface area contributed by atoms with Crippen LogP contribution in [0.5, 0.6) is 0 Å². The Bertz CT molecular complexity index is 269. The Hall–Kier alpha value is -0.733. The molecule has 0 aromatic heterocycles. The van der Waals surface area contributed by atoms with Gasteiger partial charge in [-0.15, -0.1) is 0 Å². The minimum Gasteiger partial charge on any atom is -0.434 e. The van der Waals surface area contributed by atoms with Crippen LogP contribution in [0, 0.1) is 0 Å². The van der Waals surface area contributed by atoms with Crippen LogP contribution >= 0.6 is 0 Å². The summed E-state index contributed by atoms with van der Waals surface area (Å²) in [6.07, 6.45) is 1.08. The van der Waals surface area contributed by atoms with Crippen LogP contribution in [0.4, 0.5) is 0 Å². The third kappa shape index (κ3) is 7.43. The number of ether oxygens (including phenoxy) is 1. The first-order chi connectivity index (χ1) is 9.03. The number of esters is 1. The summed E-state index contributed by atoms with van der Waals surface area (Å²) in [7, 11) is -2.85. The zero-order chi connectivity index (χ0) is 14.7. The maximum absolute atomic E-state index is 11.1. The molecule has 19 heavy (non-hydrogen) atoms. The predicted molar refractivity (Wildman–Crippen MR) is 74.3 cm³/mol. The lowest BCUT2D eigenvalue weighted by atomic mass is 10.5. The van der Waals surface area contributed by atoms with Crippen LogP contribution in [-0.2, 0) is 22.8 Å². The number of nitrogens with two attached hydrogens (primary N) is 1. The van der Waals surface area contributed by atoms with Crippen LogP contribution in [0.15, 0.2) is 12.7 Å². The summed E-state index contributed by atoms with van der Waals surface area (Å²) in [5.74, 6) is -0.540. The normalized spacial score (nSPS) is 13.1. The molecule has 0 fully saturated rings. The van der Waals surface area contributed by atoms with E-state index in [9.17, 15) is 4.79 Å². The average Bonchev–Trinajstić information content (AvgIpc) is 2.36. The lowest BCUT2D eigenvalue weighted by Crippen LogP contribution is -2.49. The van der Waals surface area contributed by atoms with Crippen LogP contribution in [0.3, 0.4) is 0 Å². The van der Waals surface area contributed by atoms with Gasteiger partial charge in [-0.1, -0.05) is 6.58 Å². The highest BCUT2D eigenvalue weighted by molar-refractivity contribution is 6.60. The Morgan fingerprint density at radius 1 is 1.37 bits per heavy atom. The molecule has 112 valence electrons. The number of hydrogen-bond acceptors (Lipinski definition) is 6. The lowest BCUT2D eigenvalue weighted by Gasteiger charge is -2.31. The molecule has 0 aromatic rings. The first-order valence-corrected chi connectivity index (χ1v) is 8.45. The van der Waals surface area contributed by atoms with Gasteiger partial charge in [0.25, 0.3) is 0 Å². The summed E-state index contributed by atoms with van der Waals surface area (Å²) in [5, 5.41) is 0. The maximum atomic E-state index is 11.1. The Morgan fingerprint density at radius 3 is 2.37 bits per heavy atom. The van der Waals surface area contributed by atoms with Crippen molar-refractivity contribution >= 4 is 14.8 Å². The SMILES string of the molecule is C=CC(=O)OC(C)O[Si](CCCN)(OCC)OCC. The summed E-state index contributed by atoms with van der Waals surface area (Å²) in [4.78, 5) is 11.1. The Labute approximate surface area is 116 Å². The van der Waals surface area contributed by atoms with Gasteiger partial charge in [0.1, 0.15) is 0 Å². The molecule has 6 nitrogen and oxygen atoms in total. The first-order valence-electron chi connectivity index (χ1n) is 6.52. The number of carbonyl (C=O) groups excluding carboxylic acids is 1. The molecule has 0 aliphatic carbocycles. The third-order valence-corrected chi connectivity index (χ3v) is 5.32. The van der Waals surface area contributed by atoms with E-state index >= 15 is 0 Å². The molecule has 7 heteroatoms. The van der Waals surface area contributed by atoms with Gasteiger partial charge in [-0.05, 0) is 33.7 Å². The van der Waals surface area contributed by atoms with E-state index in [0.717, 1.165) is 12.5 Å². The van der Waals surface area contributed by atoms with Crippen molar-refractivity contribution in [3.05, 3.63) is 12.7 Å². The molecule has 0 saturated heterocycles. The van der Waals surface area contributed by atoms with Crippen molar-refractivity contribution in [3.63, 3.8) is 0 Å². The molecule has 0 rings (SSSR count). The van der Waals surface area contributed by atoms with Gasteiger partial charge in [0.15, 0.2) is 6.29 Å². The van der Waals surface area contributed by atoms with Crippen molar-refractivity contribution in [1.29, 1.82) is 0 Å². The quantitative estimate of drug-likeness (QED) is 0.268. The minimum atomic E-state index is -2.85. The van der Waals surface area contributed by atoms with Crippen molar-refractivity contribution < 1.29 is 22.8 Å². The van der Waals surface area contributed by atoms with Crippen LogP contribution in [0.1, 0.15) is 27.2 Å². The Kier molecular flexibility index (Phi) is 9.71. The summed E-state index contributed by atoms with van der Waals surface area (Å²) in [6.45, 7) is 10.2. The highest BCUT2D eigenvalue weighted by Gasteiger charge is 2.42. The zero-order valence-corrected chi connectivity index (χ0v) is 13.0. The molecule has 0 radical (unpaired) electrons. The van der Waals surface area contributed by atoms with E-state index in [1.807, 2.05) is 13.8 Å². The molecule has 0 heterocycles. The highest BCUT2D eigenvalue weighted by Crippen LogP contribution is 2.20. The first kappa shape index (κ1) is 18.3. The van der Waals surface area contributed by atoms with Crippen molar-refractivity contribution in [3.8, 4) is 0 Å². The average molecular weight is 291 g/mol. The van der Waals surface area contributed by atoms with E-state index in [4.69, 9.17) is 23.7 Å². The Balaban J connectivity index is 4.67. The highest BCUT2D eigenvalue weighted by atomic mass is 28.4. The van der Waals surface area contributed by atoms with Crippen LogP contribution in [0.25, 0.3) is 0 Å². The number of rotatable bonds is 11. The fourth-order valence-electron chi connectivity index (χ4n) is 1.56. The van der Waals surface area contributed by atoms with Gasteiger partial charge in [0.2, 0.25) is 0 Å². The number of carbonyl (C=O) groups is 1. The van der Waals surface area contributed by atoms with Crippen molar-refractivity contribution in [1.82, 2.24) is 0 Å². The summed E-state index contributed by atoms with van der Waals surface area (Å²) >= 11 is 0. The molecule has 0 saturated carbocycles. The summed E-state index contributed by atoms with van der Waals surface area (Å²) < 4.78 is 22.1. The molecule has 0 aliphatic rings. The van der Waals surface area contributed by atoms with Gasteiger partial charge in [-0.2, -0.15) is 0 Å². The minimum absolute atomic E-state index is 0.471. The molecule has 0 amide bonds. The van der Waals surface area contributed by atoms with Gasteiger partial charge >= 0.3 is 14.8 Å². The number of hydrogen-bond donors (Lipinski definition) is 1. The Morgan fingerprint density at radius 2 is 1.95 bits per heavy atom. The molecular formula is C12H25NO5Si. The molecule has 0 spiro atoms. The van der Waals surface area contributed by atoms with E-state index in [-0.39, 0.29) is 0 Å². The van der Waals surface area contributed by atoms with Gasteiger partial charge in [0, 0.05) is 25.3 Å². The fourth-order valence-corrected chi connectivity index (χ4v) is 4.26. The smallest absolute Gasteiger partial charge is 0.434 e. The topological polar surface area (TPSA) is 80.0 Å². The van der Waals surface area contributed by atoms with Gasteiger partial charge in [0.05, 0.1) is 0 Å². The zero-order valence-electron chi connectivity index (χ0n) is 12.0. The fraction of sp³-hybridized carbons (Fsp3) is 0.750. The van der Waals surface area contributed by atoms with Crippen molar-refractivity contribution in [2.24, 2.45) is 5.73 Å². The largest absolute Gasteiger partial charge is 0.503 e. The lowest BCUT2D eigenvalue weighted by molar-refractivity contribution is -0.161. The second kappa shape index (κ2) is 10.1. The molecule has 0 bridgehead atoms. The van der Waals surface area contributed by atoms with Crippen molar-refractivity contribution in [2.75, 3.05) is 19.8 Å². The molecular weight excluding hydrogens is 266 g/mol. The second-order valence-electron chi connectivity index (χ2n) is 3.77. The van der Waals surface area contributed by atoms with Crippen LogP contribution in [-0.4, -0.2) is 40.8 Å². The molecule has 1 unspecified atom stereocenters. The van der Waals surface area contributed by atoms with Crippen molar-refractivity contribution in [2.45, 2.75) is 39.5 Å². The maximum Gasteiger partial charge on any atom is 0.503 e. The van der Waals surface area contributed by atoms with E-state index in [1.165, 1.54) is 0 Å². The van der Waals surface area contributed by atoms with Gasteiger partial charge < -0.3 is 23.7 Å². The van der Waals surface area contributed by atoms with Gasteiger partial charge in [-0.25, -0.2) is 4.79 Å². The molecule has 1 atom stereocenters. The summed E-state index contributed by atoms with van der Waals surface area (Å²) in [6, 6.07) is 0.598. The summed E-state index contributed by atoms with van der Waals surface area (Å²) in [5.41, 5.74) is 5.52. The third-order valence-electron chi connectivity index (χ3n) is 2.21. The van der Waals surface area contributed by atoms with E-state index in [2.05, 4.69) is 6.58 Å². The van der Waals surface area contributed by atoms with Crippen LogP contribution in [0.2, 0.25) is 6.04 Å². The van der Waals surface area contributed by atoms with E-state index in [0.29, 0.717) is 25.8 Å². The van der Waals surface area contributed by atoms with E-state index in [1.54, 1.807) is 6.92 Å². The molecule has 2 N–H and O–H groups in total. The predicted octanol–water partition coefficient (Wildman–Crippen LogP) is 1.44. The molecule has 0 aromatic carbocycles. The van der Waals surface area contributed by atoms with Gasteiger partial charge in [-0.3, -0.25) is 0 Å². The van der Waals surface area contributed by atoms with Crippen LogP contribution < -0.4 is 5.73 Å². The van der Waals surface area contributed by atoms with E-state index < -0.39 is 21.1 Å². The molecule has 0 aliphatic heterocycles. The standard InChI is InChI=1S/C12H25NO5Si/c1-5-12(14)17-11(4)18-19(15-6-2,16-7-3)10-8-9-13/h5,11H,1,6-10,13H2,2-4H3. The second-order valence-corrected chi connectivity index (χ2v) is 6.45.